The first-order chi connectivity index (χ1) is 9.92. The Morgan fingerprint density at radius 3 is 2.05 bits per heavy atom. The molecule has 0 heterocycles. The molecule has 2 nitrogen and oxygen atoms in total. The van der Waals surface area contributed by atoms with Crippen LogP contribution in [0.4, 0.5) is 0 Å². The normalized spacial score (nSPS) is 14.7. The molecule has 0 aliphatic heterocycles. The summed E-state index contributed by atoms with van der Waals surface area (Å²) in [6, 6.07) is 9.23. The van der Waals surface area contributed by atoms with Gasteiger partial charge in [0.2, 0.25) is 0 Å². The zero-order valence-corrected chi connectivity index (χ0v) is 14.6. The molecule has 1 N–H and O–H groups in total. The molecule has 1 rings (SSSR count). The monoisotopic (exact) mass is 291 g/mol. The van der Waals surface area contributed by atoms with Gasteiger partial charge in [0.15, 0.2) is 0 Å². The topological polar surface area (TPSA) is 21.3 Å². The summed E-state index contributed by atoms with van der Waals surface area (Å²) in [6.07, 6.45) is 2.58. The fourth-order valence-corrected chi connectivity index (χ4v) is 2.70. The Kier molecular flexibility index (Phi) is 7.98. The summed E-state index contributed by atoms with van der Waals surface area (Å²) in [5, 5.41) is 3.36. The standard InChI is InChI=1S/C19H33NO/c1-14(2)11-16(5)21-13-19(20-6)18-9-7-17(8-10-18)12-15(3)4/h7-10,14-16,19-20H,11-13H2,1-6H3. The lowest BCUT2D eigenvalue weighted by Crippen LogP contribution is -2.24. The largest absolute Gasteiger partial charge is 0.377 e. The van der Waals surface area contributed by atoms with Gasteiger partial charge in [-0.1, -0.05) is 52.0 Å². The van der Waals surface area contributed by atoms with E-state index < -0.39 is 0 Å². The molecule has 0 aromatic heterocycles. The second-order valence-corrected chi connectivity index (χ2v) is 6.95. The smallest absolute Gasteiger partial charge is 0.0665 e. The fraction of sp³-hybridized carbons (Fsp3) is 0.684. The van der Waals surface area contributed by atoms with Crippen molar-refractivity contribution in [2.45, 2.75) is 59.6 Å². The van der Waals surface area contributed by atoms with E-state index in [1.807, 2.05) is 7.05 Å². The molecule has 2 unspecified atom stereocenters. The number of nitrogens with one attached hydrogen (secondary N) is 1. The number of hydrogen-bond acceptors (Lipinski definition) is 2. The van der Waals surface area contributed by atoms with Crippen LogP contribution in [0.5, 0.6) is 0 Å². The fourth-order valence-electron chi connectivity index (χ4n) is 2.70. The quantitative estimate of drug-likeness (QED) is 0.718. The summed E-state index contributed by atoms with van der Waals surface area (Å²) in [7, 11) is 2.00. The van der Waals surface area contributed by atoms with Crippen LogP contribution in [0.25, 0.3) is 0 Å². The van der Waals surface area contributed by atoms with Crippen LogP contribution in [0.15, 0.2) is 24.3 Å². The molecule has 0 aliphatic carbocycles. The number of benzene rings is 1. The van der Waals surface area contributed by atoms with Crippen molar-refractivity contribution in [3.8, 4) is 0 Å². The molecule has 2 atom stereocenters. The summed E-state index contributed by atoms with van der Waals surface area (Å²) in [5.41, 5.74) is 2.72. The van der Waals surface area contributed by atoms with Gasteiger partial charge in [-0.25, -0.2) is 0 Å². The SMILES string of the molecule is CNC(COC(C)CC(C)C)c1ccc(CC(C)C)cc1. The maximum atomic E-state index is 5.99. The van der Waals surface area contributed by atoms with E-state index >= 15 is 0 Å². The Balaban J connectivity index is 2.55. The van der Waals surface area contributed by atoms with Gasteiger partial charge in [-0.15, -0.1) is 0 Å². The molecular weight excluding hydrogens is 258 g/mol. The third-order valence-corrected chi connectivity index (χ3v) is 3.73. The van der Waals surface area contributed by atoms with Gasteiger partial charge < -0.3 is 10.1 Å². The molecule has 21 heavy (non-hydrogen) atoms. The van der Waals surface area contributed by atoms with Crippen LogP contribution in [-0.4, -0.2) is 19.8 Å². The van der Waals surface area contributed by atoms with E-state index in [-0.39, 0.29) is 6.04 Å². The highest BCUT2D eigenvalue weighted by Gasteiger charge is 2.12. The summed E-state index contributed by atoms with van der Waals surface area (Å²) in [6.45, 7) is 11.9. The van der Waals surface area contributed by atoms with Crippen molar-refractivity contribution in [2.24, 2.45) is 11.8 Å². The van der Waals surface area contributed by atoms with Crippen LogP contribution in [0.3, 0.4) is 0 Å². The van der Waals surface area contributed by atoms with Crippen LogP contribution < -0.4 is 5.32 Å². The minimum absolute atomic E-state index is 0.271. The predicted molar refractivity (Wildman–Crippen MR) is 91.7 cm³/mol. The van der Waals surface area contributed by atoms with Crippen LogP contribution in [0.2, 0.25) is 0 Å². The second-order valence-electron chi connectivity index (χ2n) is 6.95. The van der Waals surface area contributed by atoms with Crippen molar-refractivity contribution in [1.29, 1.82) is 0 Å². The van der Waals surface area contributed by atoms with E-state index in [0.717, 1.165) is 19.4 Å². The first-order valence-electron chi connectivity index (χ1n) is 8.30. The lowest BCUT2D eigenvalue weighted by atomic mass is 9.99. The van der Waals surface area contributed by atoms with Gasteiger partial charge in [-0.2, -0.15) is 0 Å². The lowest BCUT2D eigenvalue weighted by molar-refractivity contribution is 0.0383. The van der Waals surface area contributed by atoms with E-state index in [9.17, 15) is 0 Å². The van der Waals surface area contributed by atoms with Crippen LogP contribution in [0, 0.1) is 11.8 Å². The van der Waals surface area contributed by atoms with E-state index in [2.05, 4.69) is 64.2 Å². The Bertz CT molecular complexity index is 383. The van der Waals surface area contributed by atoms with Crippen LogP contribution >= 0.6 is 0 Å². The molecule has 0 radical (unpaired) electrons. The minimum atomic E-state index is 0.271. The van der Waals surface area contributed by atoms with Gasteiger partial charge in [0, 0.05) is 0 Å². The molecule has 0 saturated heterocycles. The average molecular weight is 291 g/mol. The molecule has 2 heteroatoms. The molecule has 0 fully saturated rings. The highest BCUT2D eigenvalue weighted by atomic mass is 16.5. The Morgan fingerprint density at radius 1 is 0.952 bits per heavy atom. The van der Waals surface area contributed by atoms with Gasteiger partial charge in [0.1, 0.15) is 0 Å². The summed E-state index contributed by atoms with van der Waals surface area (Å²) >= 11 is 0. The van der Waals surface area contributed by atoms with Crippen molar-refractivity contribution >= 4 is 0 Å². The number of hydrogen-bond donors (Lipinski definition) is 1. The van der Waals surface area contributed by atoms with Gasteiger partial charge in [0.05, 0.1) is 18.8 Å². The zero-order valence-electron chi connectivity index (χ0n) is 14.6. The minimum Gasteiger partial charge on any atom is -0.377 e. The third kappa shape index (κ3) is 7.10. The van der Waals surface area contributed by atoms with Crippen molar-refractivity contribution < 1.29 is 4.74 Å². The van der Waals surface area contributed by atoms with E-state index in [0.29, 0.717) is 17.9 Å². The first-order valence-corrected chi connectivity index (χ1v) is 8.30. The predicted octanol–water partition coefficient (Wildman–Crippen LogP) is 4.60. The maximum absolute atomic E-state index is 5.99. The maximum Gasteiger partial charge on any atom is 0.0665 e. The first kappa shape index (κ1) is 18.2. The molecule has 120 valence electrons. The summed E-state index contributed by atoms with van der Waals surface area (Å²) in [5.74, 6) is 1.39. The molecule has 0 bridgehead atoms. The lowest BCUT2D eigenvalue weighted by Gasteiger charge is -2.21. The van der Waals surface area contributed by atoms with Gasteiger partial charge in [-0.3, -0.25) is 0 Å². The van der Waals surface area contributed by atoms with Crippen LogP contribution in [-0.2, 0) is 11.2 Å². The molecule has 0 aliphatic rings. The molecule has 1 aromatic carbocycles. The molecule has 0 spiro atoms. The molecular formula is C19H33NO. The van der Waals surface area contributed by atoms with E-state index in [1.165, 1.54) is 11.1 Å². The zero-order chi connectivity index (χ0) is 15.8. The van der Waals surface area contributed by atoms with Gasteiger partial charge in [0.25, 0.3) is 0 Å². The summed E-state index contributed by atoms with van der Waals surface area (Å²) in [4.78, 5) is 0. The Labute approximate surface area is 131 Å². The number of ether oxygens (including phenoxy) is 1. The Hall–Kier alpha value is -0.860. The van der Waals surface area contributed by atoms with Crippen molar-refractivity contribution in [3.63, 3.8) is 0 Å². The average Bonchev–Trinajstić information content (AvgIpc) is 2.39. The van der Waals surface area contributed by atoms with E-state index in [1.54, 1.807) is 0 Å². The summed E-state index contributed by atoms with van der Waals surface area (Å²) < 4.78 is 5.99. The van der Waals surface area contributed by atoms with E-state index in [4.69, 9.17) is 4.74 Å². The van der Waals surface area contributed by atoms with Crippen molar-refractivity contribution in [1.82, 2.24) is 5.32 Å². The Morgan fingerprint density at radius 2 is 1.57 bits per heavy atom. The molecule has 1 aromatic rings. The third-order valence-electron chi connectivity index (χ3n) is 3.73. The van der Waals surface area contributed by atoms with Crippen molar-refractivity contribution in [2.75, 3.05) is 13.7 Å². The highest BCUT2D eigenvalue weighted by molar-refractivity contribution is 5.25. The van der Waals surface area contributed by atoms with Gasteiger partial charge in [-0.05, 0) is 49.8 Å². The highest BCUT2D eigenvalue weighted by Crippen LogP contribution is 2.17. The number of likely N-dealkylation sites (N-methyl/N-ethyl adjacent to an activating group) is 1. The van der Waals surface area contributed by atoms with Gasteiger partial charge >= 0.3 is 0 Å². The van der Waals surface area contributed by atoms with Crippen LogP contribution in [0.1, 0.15) is 58.2 Å². The molecule has 0 amide bonds. The van der Waals surface area contributed by atoms with Crippen molar-refractivity contribution in [3.05, 3.63) is 35.4 Å². The second kappa shape index (κ2) is 9.22. The molecule has 0 saturated carbocycles. The number of rotatable bonds is 9.